The molecule has 1 atom stereocenters. The summed E-state index contributed by atoms with van der Waals surface area (Å²) in [6.45, 7) is 3.10. The number of benzene rings is 1. The second-order valence-electron chi connectivity index (χ2n) is 6.56. The van der Waals surface area contributed by atoms with Gasteiger partial charge >= 0.3 is 0 Å². The summed E-state index contributed by atoms with van der Waals surface area (Å²) in [6, 6.07) is 8.12. The molecule has 2 aliphatic rings. The van der Waals surface area contributed by atoms with Gasteiger partial charge in [-0.25, -0.2) is 9.67 Å². The number of carbonyl (C=O) groups is 1. The lowest BCUT2D eigenvalue weighted by molar-refractivity contribution is -0.138. The molecule has 0 aliphatic carbocycles. The monoisotopic (exact) mass is 312 g/mol. The van der Waals surface area contributed by atoms with Gasteiger partial charge in [-0.2, -0.15) is 5.10 Å². The zero-order valence-electron chi connectivity index (χ0n) is 13.0. The number of aromatic nitrogens is 3. The summed E-state index contributed by atoms with van der Waals surface area (Å²) >= 11 is 0. The van der Waals surface area contributed by atoms with Crippen LogP contribution < -0.4 is 0 Å². The number of nitrogens with zero attached hydrogens (tertiary/aromatic N) is 4. The fourth-order valence-corrected chi connectivity index (χ4v) is 3.53. The Morgan fingerprint density at radius 1 is 1.22 bits per heavy atom. The van der Waals surface area contributed by atoms with Crippen molar-refractivity contribution in [2.45, 2.75) is 25.8 Å². The Balaban J connectivity index is 1.47. The van der Waals surface area contributed by atoms with Gasteiger partial charge in [0.15, 0.2) is 0 Å². The molecule has 1 aromatic carbocycles. The molecule has 1 aromatic heterocycles. The average molecular weight is 312 g/mol. The number of likely N-dealkylation sites (tertiary alicyclic amines) is 1. The van der Waals surface area contributed by atoms with Crippen molar-refractivity contribution >= 4 is 5.91 Å². The molecule has 0 saturated carbocycles. The number of hydrogen-bond acceptors (Lipinski definition) is 4. The summed E-state index contributed by atoms with van der Waals surface area (Å²) in [5.41, 5.74) is 2.30. The van der Waals surface area contributed by atoms with E-state index >= 15 is 0 Å². The quantitative estimate of drug-likeness (QED) is 0.867. The molecule has 2 aromatic rings. The van der Waals surface area contributed by atoms with Crippen LogP contribution in [0.4, 0.5) is 0 Å². The zero-order chi connectivity index (χ0) is 15.7. The Bertz CT molecular complexity index is 675. The summed E-state index contributed by atoms with van der Waals surface area (Å²) in [5, 5.41) is 4.12. The highest BCUT2D eigenvalue weighted by Gasteiger charge is 2.41. The smallest absolute Gasteiger partial charge is 0.222 e. The minimum Gasteiger partial charge on any atom is -0.381 e. The van der Waals surface area contributed by atoms with Crippen LogP contribution in [0, 0.1) is 5.41 Å². The van der Waals surface area contributed by atoms with Crippen molar-refractivity contribution in [3.63, 3.8) is 0 Å². The van der Waals surface area contributed by atoms with E-state index in [-0.39, 0.29) is 11.3 Å². The lowest BCUT2D eigenvalue weighted by atomic mass is 9.79. The molecule has 2 aliphatic heterocycles. The fraction of sp³-hybridized carbons (Fsp3) is 0.471. The molecule has 0 bridgehead atoms. The Morgan fingerprint density at radius 2 is 2.09 bits per heavy atom. The highest BCUT2D eigenvalue weighted by Crippen LogP contribution is 2.38. The van der Waals surface area contributed by atoms with Gasteiger partial charge in [-0.3, -0.25) is 4.79 Å². The van der Waals surface area contributed by atoms with Gasteiger partial charge in [-0.05, 0) is 30.5 Å². The van der Waals surface area contributed by atoms with Crippen molar-refractivity contribution in [1.29, 1.82) is 0 Å². The molecule has 2 saturated heterocycles. The van der Waals surface area contributed by atoms with Gasteiger partial charge in [0.25, 0.3) is 0 Å². The number of piperidine rings is 1. The van der Waals surface area contributed by atoms with Gasteiger partial charge in [0.05, 0.1) is 12.3 Å². The molecule has 2 fully saturated rings. The fourth-order valence-electron chi connectivity index (χ4n) is 3.53. The van der Waals surface area contributed by atoms with E-state index in [1.165, 1.54) is 6.33 Å². The minimum atomic E-state index is 0.189. The van der Waals surface area contributed by atoms with Gasteiger partial charge in [0.1, 0.15) is 12.7 Å². The van der Waals surface area contributed by atoms with Crippen molar-refractivity contribution in [2.75, 3.05) is 19.8 Å². The summed E-state index contributed by atoms with van der Waals surface area (Å²) in [4.78, 5) is 18.2. The van der Waals surface area contributed by atoms with E-state index in [0.29, 0.717) is 13.0 Å². The van der Waals surface area contributed by atoms with Crippen molar-refractivity contribution in [1.82, 2.24) is 19.7 Å². The number of rotatable bonds is 3. The summed E-state index contributed by atoms with van der Waals surface area (Å²) in [6.07, 6.45) is 5.87. The van der Waals surface area contributed by atoms with Gasteiger partial charge in [-0.1, -0.05) is 12.1 Å². The predicted molar refractivity (Wildman–Crippen MR) is 83.9 cm³/mol. The molecular formula is C17H20N4O2. The highest BCUT2D eigenvalue weighted by molar-refractivity contribution is 5.77. The van der Waals surface area contributed by atoms with Crippen molar-refractivity contribution < 1.29 is 9.53 Å². The van der Waals surface area contributed by atoms with E-state index in [1.807, 2.05) is 17.0 Å². The highest BCUT2D eigenvalue weighted by atomic mass is 16.5. The van der Waals surface area contributed by atoms with Crippen LogP contribution in [0.15, 0.2) is 36.9 Å². The number of hydrogen-bond donors (Lipinski definition) is 0. The summed E-state index contributed by atoms with van der Waals surface area (Å²) in [5.74, 6) is 0.253. The maximum absolute atomic E-state index is 12.3. The Labute approximate surface area is 135 Å². The normalized spacial score (nSPS) is 24.5. The van der Waals surface area contributed by atoms with E-state index in [1.54, 1.807) is 11.0 Å². The van der Waals surface area contributed by atoms with Gasteiger partial charge in [0, 0.05) is 31.5 Å². The molecule has 1 spiro atoms. The van der Waals surface area contributed by atoms with Crippen LogP contribution in [0.5, 0.6) is 0 Å². The van der Waals surface area contributed by atoms with Gasteiger partial charge in [0.2, 0.25) is 5.91 Å². The van der Waals surface area contributed by atoms with Crippen LogP contribution in [0.2, 0.25) is 0 Å². The van der Waals surface area contributed by atoms with E-state index in [0.717, 1.165) is 43.9 Å². The molecule has 6 heteroatoms. The zero-order valence-corrected chi connectivity index (χ0v) is 13.0. The molecule has 4 rings (SSSR count). The minimum absolute atomic E-state index is 0.189. The largest absolute Gasteiger partial charge is 0.381 e. The van der Waals surface area contributed by atoms with E-state index < -0.39 is 0 Å². The molecule has 6 nitrogen and oxygen atoms in total. The third-order valence-corrected chi connectivity index (χ3v) is 4.93. The maximum Gasteiger partial charge on any atom is 0.222 e. The molecule has 120 valence electrons. The topological polar surface area (TPSA) is 60.2 Å². The van der Waals surface area contributed by atoms with Crippen LogP contribution in [-0.2, 0) is 16.1 Å². The summed E-state index contributed by atoms with van der Waals surface area (Å²) < 4.78 is 7.30. The SMILES string of the molecule is O=C1CCC2(CCOC2)CN1Cc1ccc(-n2cncn2)cc1. The predicted octanol–water partition coefficient (Wildman–Crippen LogP) is 1.80. The maximum atomic E-state index is 12.3. The summed E-state index contributed by atoms with van der Waals surface area (Å²) in [7, 11) is 0. The first-order valence-electron chi connectivity index (χ1n) is 8.04. The van der Waals surface area contributed by atoms with Gasteiger partial charge in [-0.15, -0.1) is 0 Å². The second kappa shape index (κ2) is 5.77. The van der Waals surface area contributed by atoms with Crippen LogP contribution in [0.25, 0.3) is 5.69 Å². The van der Waals surface area contributed by atoms with Crippen molar-refractivity contribution in [2.24, 2.45) is 5.41 Å². The van der Waals surface area contributed by atoms with Crippen LogP contribution in [0.1, 0.15) is 24.8 Å². The van der Waals surface area contributed by atoms with E-state index in [9.17, 15) is 4.79 Å². The first-order valence-corrected chi connectivity index (χ1v) is 8.04. The van der Waals surface area contributed by atoms with Crippen molar-refractivity contribution in [3.05, 3.63) is 42.5 Å². The Hall–Kier alpha value is -2.21. The van der Waals surface area contributed by atoms with Crippen LogP contribution in [0.3, 0.4) is 0 Å². The van der Waals surface area contributed by atoms with E-state index in [4.69, 9.17) is 4.74 Å². The van der Waals surface area contributed by atoms with Crippen molar-refractivity contribution in [3.8, 4) is 5.69 Å². The number of ether oxygens (including phenoxy) is 1. The second-order valence-corrected chi connectivity index (χ2v) is 6.56. The first-order chi connectivity index (χ1) is 11.2. The number of amides is 1. The van der Waals surface area contributed by atoms with Crippen LogP contribution >= 0.6 is 0 Å². The van der Waals surface area contributed by atoms with E-state index in [2.05, 4.69) is 22.2 Å². The third kappa shape index (κ3) is 2.86. The molecule has 23 heavy (non-hydrogen) atoms. The standard InChI is InChI=1S/C17H20N4O2/c22-16-5-6-17(7-8-23-11-17)10-20(16)9-14-1-3-15(4-2-14)21-13-18-12-19-21/h1-4,12-13H,5-11H2. The molecule has 1 unspecified atom stereocenters. The molecule has 0 N–H and O–H groups in total. The lowest BCUT2D eigenvalue weighted by Gasteiger charge is -2.39. The van der Waals surface area contributed by atoms with Crippen LogP contribution in [-0.4, -0.2) is 45.3 Å². The molecule has 3 heterocycles. The molecule has 0 radical (unpaired) electrons. The Morgan fingerprint density at radius 3 is 2.78 bits per heavy atom. The Kier molecular flexibility index (Phi) is 3.61. The average Bonchev–Trinajstić information content (AvgIpc) is 3.24. The lowest BCUT2D eigenvalue weighted by Crippen LogP contribution is -2.46. The number of carbonyl (C=O) groups excluding carboxylic acids is 1. The third-order valence-electron chi connectivity index (χ3n) is 4.93. The molecular weight excluding hydrogens is 292 g/mol. The first kappa shape index (κ1) is 14.4. The molecule has 1 amide bonds. The van der Waals surface area contributed by atoms with Gasteiger partial charge < -0.3 is 9.64 Å².